The fourth-order valence-corrected chi connectivity index (χ4v) is 1.15. The monoisotopic (exact) mass is 200 g/mol. The largest absolute Gasteiger partial charge is 0.394 e. The Labute approximate surface area is 85.4 Å². The molecular formula is C10H20N2O2. The molecule has 0 aliphatic carbocycles. The van der Waals surface area contributed by atoms with Gasteiger partial charge in [0.2, 0.25) is 0 Å². The Hall–Kier alpha value is -1.03. The van der Waals surface area contributed by atoms with Crippen molar-refractivity contribution in [2.24, 2.45) is 5.92 Å². The van der Waals surface area contributed by atoms with Crippen molar-refractivity contribution in [2.45, 2.75) is 26.3 Å². The quantitative estimate of drug-likeness (QED) is 0.557. The zero-order valence-electron chi connectivity index (χ0n) is 8.92. The summed E-state index contributed by atoms with van der Waals surface area (Å²) in [6.07, 6.45) is 2.38. The van der Waals surface area contributed by atoms with Gasteiger partial charge in [0.1, 0.15) is 0 Å². The summed E-state index contributed by atoms with van der Waals surface area (Å²) in [6, 6.07) is -0.426. The number of hydrogen-bond donors (Lipinski definition) is 3. The number of rotatable bonds is 6. The molecule has 0 aromatic rings. The molecule has 2 amide bonds. The van der Waals surface area contributed by atoms with E-state index in [1.54, 1.807) is 6.08 Å². The fraction of sp³-hybridized carbons (Fsp3) is 0.700. The van der Waals surface area contributed by atoms with E-state index in [-0.39, 0.29) is 18.7 Å². The van der Waals surface area contributed by atoms with E-state index in [4.69, 9.17) is 5.11 Å². The molecule has 0 rings (SSSR count). The third kappa shape index (κ3) is 6.48. The van der Waals surface area contributed by atoms with E-state index in [2.05, 4.69) is 17.2 Å². The average Bonchev–Trinajstić information content (AvgIpc) is 2.12. The van der Waals surface area contributed by atoms with E-state index >= 15 is 0 Å². The number of carbonyl (C=O) groups excluding carboxylic acids is 1. The maximum Gasteiger partial charge on any atom is 0.315 e. The van der Waals surface area contributed by atoms with E-state index in [0.29, 0.717) is 12.5 Å². The van der Waals surface area contributed by atoms with Gasteiger partial charge in [-0.05, 0) is 12.3 Å². The molecule has 0 aromatic heterocycles. The van der Waals surface area contributed by atoms with Crippen LogP contribution >= 0.6 is 0 Å². The average molecular weight is 200 g/mol. The molecule has 82 valence electrons. The van der Waals surface area contributed by atoms with Gasteiger partial charge in [0.15, 0.2) is 0 Å². The van der Waals surface area contributed by atoms with Crippen molar-refractivity contribution < 1.29 is 9.90 Å². The van der Waals surface area contributed by atoms with Gasteiger partial charge in [-0.25, -0.2) is 4.79 Å². The number of carbonyl (C=O) groups is 1. The van der Waals surface area contributed by atoms with Gasteiger partial charge >= 0.3 is 6.03 Å². The van der Waals surface area contributed by atoms with Crippen LogP contribution in [0.25, 0.3) is 0 Å². The van der Waals surface area contributed by atoms with Gasteiger partial charge in [-0.1, -0.05) is 19.9 Å². The number of amides is 2. The summed E-state index contributed by atoms with van der Waals surface area (Å²) >= 11 is 0. The van der Waals surface area contributed by atoms with Crippen molar-refractivity contribution in [1.29, 1.82) is 0 Å². The maximum atomic E-state index is 11.2. The van der Waals surface area contributed by atoms with Crippen LogP contribution in [0.1, 0.15) is 20.3 Å². The predicted molar refractivity (Wildman–Crippen MR) is 57.1 cm³/mol. The Kier molecular flexibility index (Phi) is 6.84. The topological polar surface area (TPSA) is 61.4 Å². The van der Waals surface area contributed by atoms with Crippen LogP contribution < -0.4 is 10.6 Å². The molecule has 0 radical (unpaired) electrons. The van der Waals surface area contributed by atoms with Crippen LogP contribution in [0.3, 0.4) is 0 Å². The number of urea groups is 1. The Morgan fingerprint density at radius 3 is 2.64 bits per heavy atom. The highest BCUT2D eigenvalue weighted by atomic mass is 16.3. The molecule has 0 saturated carbocycles. The Balaban J connectivity index is 3.79. The molecule has 0 bridgehead atoms. The minimum Gasteiger partial charge on any atom is -0.394 e. The third-order valence-electron chi connectivity index (χ3n) is 1.72. The first-order valence-corrected chi connectivity index (χ1v) is 4.86. The highest BCUT2D eigenvalue weighted by Crippen LogP contribution is 2.03. The standard InChI is InChI=1S/C10H20N2O2/c1-4-5-11-10(14)12-9(7-13)6-8(2)3/h4,8-9,13H,1,5-7H2,2-3H3,(H2,11,12,14). The molecule has 0 aliphatic rings. The first-order chi connectivity index (χ1) is 6.60. The van der Waals surface area contributed by atoms with Crippen molar-refractivity contribution in [3.8, 4) is 0 Å². The molecule has 3 N–H and O–H groups in total. The SMILES string of the molecule is C=CCNC(=O)NC(CO)CC(C)C. The second kappa shape index (κ2) is 7.38. The van der Waals surface area contributed by atoms with Gasteiger partial charge in [-0.2, -0.15) is 0 Å². The predicted octanol–water partition coefficient (Wildman–Crippen LogP) is 0.879. The van der Waals surface area contributed by atoms with Crippen LogP contribution in [0.15, 0.2) is 12.7 Å². The Morgan fingerprint density at radius 1 is 1.57 bits per heavy atom. The van der Waals surface area contributed by atoms with Crippen LogP contribution in [0, 0.1) is 5.92 Å². The summed E-state index contributed by atoms with van der Waals surface area (Å²) in [7, 11) is 0. The van der Waals surface area contributed by atoms with Crippen LogP contribution in [0.5, 0.6) is 0 Å². The highest BCUT2D eigenvalue weighted by Gasteiger charge is 2.11. The van der Waals surface area contributed by atoms with Crippen LogP contribution in [0.2, 0.25) is 0 Å². The lowest BCUT2D eigenvalue weighted by molar-refractivity contribution is 0.207. The molecule has 0 saturated heterocycles. The minimum atomic E-state index is -0.260. The molecule has 0 aromatic carbocycles. The maximum absolute atomic E-state index is 11.2. The van der Waals surface area contributed by atoms with Crippen LogP contribution in [-0.4, -0.2) is 30.3 Å². The summed E-state index contributed by atoms with van der Waals surface area (Å²) in [5.41, 5.74) is 0. The molecule has 0 fully saturated rings. The molecule has 0 spiro atoms. The Morgan fingerprint density at radius 2 is 2.21 bits per heavy atom. The number of aliphatic hydroxyl groups is 1. The lowest BCUT2D eigenvalue weighted by Crippen LogP contribution is -2.44. The fourth-order valence-electron chi connectivity index (χ4n) is 1.15. The van der Waals surface area contributed by atoms with E-state index in [1.165, 1.54) is 0 Å². The summed E-state index contributed by atoms with van der Waals surface area (Å²) < 4.78 is 0. The van der Waals surface area contributed by atoms with Crippen molar-refractivity contribution in [3.63, 3.8) is 0 Å². The smallest absolute Gasteiger partial charge is 0.315 e. The summed E-state index contributed by atoms with van der Waals surface area (Å²) in [5, 5.41) is 14.3. The van der Waals surface area contributed by atoms with E-state index in [0.717, 1.165) is 6.42 Å². The van der Waals surface area contributed by atoms with E-state index in [1.807, 2.05) is 13.8 Å². The zero-order chi connectivity index (χ0) is 11.0. The first kappa shape index (κ1) is 13.0. The van der Waals surface area contributed by atoms with Crippen LogP contribution in [-0.2, 0) is 0 Å². The summed E-state index contributed by atoms with van der Waals surface area (Å²) in [5.74, 6) is 0.451. The van der Waals surface area contributed by atoms with Gasteiger partial charge in [-0.3, -0.25) is 0 Å². The molecule has 4 heteroatoms. The molecule has 1 unspecified atom stereocenters. The summed E-state index contributed by atoms with van der Waals surface area (Å²) in [4.78, 5) is 11.2. The zero-order valence-corrected chi connectivity index (χ0v) is 8.92. The van der Waals surface area contributed by atoms with Crippen LogP contribution in [0.4, 0.5) is 4.79 Å². The lowest BCUT2D eigenvalue weighted by atomic mass is 10.0. The van der Waals surface area contributed by atoms with Gasteiger partial charge in [0.05, 0.1) is 12.6 Å². The molecule has 1 atom stereocenters. The van der Waals surface area contributed by atoms with Gasteiger partial charge in [-0.15, -0.1) is 6.58 Å². The lowest BCUT2D eigenvalue weighted by Gasteiger charge is -2.18. The second-order valence-electron chi connectivity index (χ2n) is 3.65. The van der Waals surface area contributed by atoms with Crippen molar-refractivity contribution in [1.82, 2.24) is 10.6 Å². The molecule has 14 heavy (non-hydrogen) atoms. The number of aliphatic hydroxyl groups excluding tert-OH is 1. The first-order valence-electron chi connectivity index (χ1n) is 4.86. The Bertz CT molecular complexity index is 181. The normalized spacial score (nSPS) is 12.3. The molecule has 4 nitrogen and oxygen atoms in total. The van der Waals surface area contributed by atoms with Crippen molar-refractivity contribution in [2.75, 3.05) is 13.2 Å². The third-order valence-corrected chi connectivity index (χ3v) is 1.72. The molecule has 0 aliphatic heterocycles. The molecular weight excluding hydrogens is 180 g/mol. The second-order valence-corrected chi connectivity index (χ2v) is 3.65. The minimum absolute atomic E-state index is 0.0281. The van der Waals surface area contributed by atoms with Crippen molar-refractivity contribution >= 4 is 6.03 Å². The number of hydrogen-bond acceptors (Lipinski definition) is 2. The molecule has 0 heterocycles. The number of nitrogens with one attached hydrogen (secondary N) is 2. The van der Waals surface area contributed by atoms with E-state index < -0.39 is 0 Å². The van der Waals surface area contributed by atoms with Crippen molar-refractivity contribution in [3.05, 3.63) is 12.7 Å². The van der Waals surface area contributed by atoms with Gasteiger partial charge < -0.3 is 15.7 Å². The highest BCUT2D eigenvalue weighted by molar-refractivity contribution is 5.74. The summed E-state index contributed by atoms with van der Waals surface area (Å²) in [6.45, 7) is 7.99. The van der Waals surface area contributed by atoms with E-state index in [9.17, 15) is 4.79 Å². The van der Waals surface area contributed by atoms with Gasteiger partial charge in [0.25, 0.3) is 0 Å². The van der Waals surface area contributed by atoms with Gasteiger partial charge in [0, 0.05) is 6.54 Å².